The zero-order valence-electron chi connectivity index (χ0n) is 13.6. The first-order valence-corrected chi connectivity index (χ1v) is 7.84. The van der Waals surface area contributed by atoms with Gasteiger partial charge in [0, 0.05) is 5.54 Å². The highest BCUT2D eigenvalue weighted by atomic mass is 16.5. The second kappa shape index (κ2) is 10.2. The topological polar surface area (TPSA) is 38.3 Å². The number of rotatable bonds is 11. The first-order valence-electron chi connectivity index (χ1n) is 7.84. The maximum absolute atomic E-state index is 11.6. The second-order valence-electron chi connectivity index (χ2n) is 5.86. The highest BCUT2D eigenvalue weighted by Crippen LogP contribution is 2.22. The van der Waals surface area contributed by atoms with E-state index in [2.05, 4.69) is 26.1 Å². The molecule has 0 aromatic carbocycles. The molecule has 0 bridgehead atoms. The van der Waals surface area contributed by atoms with E-state index in [0.29, 0.717) is 0 Å². The van der Waals surface area contributed by atoms with Crippen molar-refractivity contribution >= 4 is 5.97 Å². The van der Waals surface area contributed by atoms with Gasteiger partial charge in [0.1, 0.15) is 6.04 Å². The van der Waals surface area contributed by atoms with Crippen molar-refractivity contribution in [1.82, 2.24) is 5.32 Å². The second-order valence-corrected chi connectivity index (χ2v) is 5.86. The van der Waals surface area contributed by atoms with Gasteiger partial charge in [-0.1, -0.05) is 52.4 Å². The van der Waals surface area contributed by atoms with Crippen LogP contribution in [-0.2, 0) is 9.53 Å². The zero-order chi connectivity index (χ0) is 14.7. The third kappa shape index (κ3) is 8.25. The zero-order valence-corrected chi connectivity index (χ0v) is 13.6. The van der Waals surface area contributed by atoms with Gasteiger partial charge < -0.3 is 4.74 Å². The Labute approximate surface area is 119 Å². The molecule has 3 heteroatoms. The third-order valence-corrected chi connectivity index (χ3v) is 3.78. The SMILES string of the molecule is CCCCCCC(C)(CCCC)N[C@H](C)C(=O)OC. The van der Waals surface area contributed by atoms with Crippen LogP contribution < -0.4 is 5.32 Å². The van der Waals surface area contributed by atoms with E-state index in [9.17, 15) is 4.79 Å². The lowest BCUT2D eigenvalue weighted by molar-refractivity contribution is -0.143. The smallest absolute Gasteiger partial charge is 0.322 e. The van der Waals surface area contributed by atoms with E-state index in [1.165, 1.54) is 45.6 Å². The Kier molecular flexibility index (Phi) is 9.94. The fourth-order valence-electron chi connectivity index (χ4n) is 2.54. The van der Waals surface area contributed by atoms with Crippen molar-refractivity contribution in [2.75, 3.05) is 7.11 Å². The van der Waals surface area contributed by atoms with Gasteiger partial charge in [-0.3, -0.25) is 10.1 Å². The van der Waals surface area contributed by atoms with E-state index in [1.807, 2.05) is 6.92 Å². The van der Waals surface area contributed by atoms with Crippen LogP contribution in [0.3, 0.4) is 0 Å². The number of methoxy groups -OCH3 is 1. The van der Waals surface area contributed by atoms with E-state index in [-0.39, 0.29) is 17.6 Å². The van der Waals surface area contributed by atoms with Crippen LogP contribution in [0.4, 0.5) is 0 Å². The molecule has 0 saturated carbocycles. The molecule has 0 heterocycles. The van der Waals surface area contributed by atoms with Gasteiger partial charge in [0.05, 0.1) is 7.11 Å². The number of unbranched alkanes of at least 4 members (excludes halogenated alkanes) is 4. The molecule has 0 spiro atoms. The summed E-state index contributed by atoms with van der Waals surface area (Å²) in [5.41, 5.74) is 0.0529. The molecule has 0 aliphatic rings. The van der Waals surface area contributed by atoms with Gasteiger partial charge in [0.15, 0.2) is 0 Å². The van der Waals surface area contributed by atoms with E-state index >= 15 is 0 Å². The van der Waals surface area contributed by atoms with Gasteiger partial charge in [-0.2, -0.15) is 0 Å². The molecular weight excluding hydrogens is 238 g/mol. The Morgan fingerprint density at radius 1 is 1.11 bits per heavy atom. The van der Waals surface area contributed by atoms with Gasteiger partial charge in [-0.05, 0) is 26.7 Å². The average Bonchev–Trinajstić information content (AvgIpc) is 2.40. The number of hydrogen-bond donors (Lipinski definition) is 1. The summed E-state index contributed by atoms with van der Waals surface area (Å²) in [4.78, 5) is 11.6. The molecule has 0 radical (unpaired) electrons. The van der Waals surface area contributed by atoms with Crippen LogP contribution in [0, 0.1) is 0 Å². The first-order chi connectivity index (χ1) is 8.99. The Bertz CT molecular complexity index is 243. The first kappa shape index (κ1) is 18.4. The van der Waals surface area contributed by atoms with Crippen molar-refractivity contribution in [2.24, 2.45) is 0 Å². The lowest BCUT2D eigenvalue weighted by Crippen LogP contribution is -2.50. The van der Waals surface area contributed by atoms with Gasteiger partial charge in [0.2, 0.25) is 0 Å². The van der Waals surface area contributed by atoms with Crippen molar-refractivity contribution in [1.29, 1.82) is 0 Å². The molecule has 0 amide bonds. The molecule has 19 heavy (non-hydrogen) atoms. The van der Waals surface area contributed by atoms with E-state index in [1.54, 1.807) is 0 Å². The van der Waals surface area contributed by atoms with Crippen molar-refractivity contribution < 1.29 is 9.53 Å². The Morgan fingerprint density at radius 2 is 1.68 bits per heavy atom. The predicted octanol–water partition coefficient (Wildman–Crippen LogP) is 4.06. The third-order valence-electron chi connectivity index (χ3n) is 3.78. The molecule has 0 rings (SSSR count). The molecule has 0 aliphatic heterocycles. The summed E-state index contributed by atoms with van der Waals surface area (Å²) >= 11 is 0. The normalized spacial score (nSPS) is 15.8. The van der Waals surface area contributed by atoms with E-state index in [0.717, 1.165) is 12.8 Å². The van der Waals surface area contributed by atoms with Crippen LogP contribution in [0.2, 0.25) is 0 Å². The number of carbonyl (C=O) groups excluding carboxylic acids is 1. The monoisotopic (exact) mass is 271 g/mol. The molecule has 1 N–H and O–H groups in total. The summed E-state index contributed by atoms with van der Waals surface area (Å²) in [6.45, 7) is 8.57. The molecule has 1 unspecified atom stereocenters. The number of hydrogen-bond acceptors (Lipinski definition) is 3. The van der Waals surface area contributed by atoms with Gasteiger partial charge in [-0.25, -0.2) is 0 Å². The van der Waals surface area contributed by atoms with Crippen LogP contribution >= 0.6 is 0 Å². The summed E-state index contributed by atoms with van der Waals surface area (Å²) in [5.74, 6) is -0.170. The Balaban J connectivity index is 4.35. The molecule has 114 valence electrons. The fourth-order valence-corrected chi connectivity index (χ4v) is 2.54. The molecule has 0 aromatic rings. The minimum atomic E-state index is -0.224. The van der Waals surface area contributed by atoms with Gasteiger partial charge >= 0.3 is 5.97 Å². The summed E-state index contributed by atoms with van der Waals surface area (Å²) in [7, 11) is 1.45. The average molecular weight is 271 g/mol. The standard InChI is InChI=1S/C16H33NO2/c1-6-8-10-11-13-16(4,12-9-7-2)17-14(3)15(18)19-5/h14,17H,6-13H2,1-5H3/t14-,16?/m1/s1. The quantitative estimate of drug-likeness (QED) is 0.455. The molecule has 0 saturated heterocycles. The minimum Gasteiger partial charge on any atom is -0.468 e. The maximum Gasteiger partial charge on any atom is 0.322 e. The minimum absolute atomic E-state index is 0.0529. The predicted molar refractivity (Wildman–Crippen MR) is 81.3 cm³/mol. The molecule has 0 fully saturated rings. The van der Waals surface area contributed by atoms with Crippen LogP contribution in [0.1, 0.15) is 79.1 Å². The van der Waals surface area contributed by atoms with Crippen LogP contribution in [0.15, 0.2) is 0 Å². The van der Waals surface area contributed by atoms with Crippen molar-refractivity contribution in [3.05, 3.63) is 0 Å². The Hall–Kier alpha value is -0.570. The summed E-state index contributed by atoms with van der Waals surface area (Å²) in [6.07, 6.45) is 9.73. The number of carbonyl (C=O) groups is 1. The number of esters is 1. The van der Waals surface area contributed by atoms with Gasteiger partial charge in [-0.15, -0.1) is 0 Å². The summed E-state index contributed by atoms with van der Waals surface area (Å²) < 4.78 is 4.80. The van der Waals surface area contributed by atoms with E-state index < -0.39 is 0 Å². The fraction of sp³-hybridized carbons (Fsp3) is 0.938. The lowest BCUT2D eigenvalue weighted by Gasteiger charge is -2.33. The van der Waals surface area contributed by atoms with Gasteiger partial charge in [0.25, 0.3) is 0 Å². The molecule has 3 nitrogen and oxygen atoms in total. The van der Waals surface area contributed by atoms with E-state index in [4.69, 9.17) is 4.74 Å². The summed E-state index contributed by atoms with van der Waals surface area (Å²) in [5, 5.41) is 3.48. The lowest BCUT2D eigenvalue weighted by atomic mass is 9.88. The molecule has 0 aromatic heterocycles. The number of nitrogens with one attached hydrogen (secondary N) is 1. The van der Waals surface area contributed by atoms with Crippen molar-refractivity contribution in [3.63, 3.8) is 0 Å². The Morgan fingerprint density at radius 3 is 2.21 bits per heavy atom. The van der Waals surface area contributed by atoms with Crippen molar-refractivity contribution in [2.45, 2.75) is 90.6 Å². The summed E-state index contributed by atoms with van der Waals surface area (Å²) in [6, 6.07) is -0.224. The highest BCUT2D eigenvalue weighted by molar-refractivity contribution is 5.75. The largest absolute Gasteiger partial charge is 0.468 e. The maximum atomic E-state index is 11.6. The highest BCUT2D eigenvalue weighted by Gasteiger charge is 2.27. The number of ether oxygens (including phenoxy) is 1. The van der Waals surface area contributed by atoms with Crippen molar-refractivity contribution in [3.8, 4) is 0 Å². The molecular formula is C16H33NO2. The molecule has 2 atom stereocenters. The van der Waals surface area contributed by atoms with Crippen LogP contribution in [-0.4, -0.2) is 24.7 Å². The van der Waals surface area contributed by atoms with Crippen LogP contribution in [0.5, 0.6) is 0 Å². The molecule has 0 aliphatic carbocycles. The van der Waals surface area contributed by atoms with Crippen LogP contribution in [0.25, 0.3) is 0 Å².